The number of carboxylic acid groups (broad SMARTS) is 1. The van der Waals surface area contributed by atoms with E-state index in [4.69, 9.17) is 5.11 Å². The second-order valence-electron chi connectivity index (χ2n) is 5.71. The summed E-state index contributed by atoms with van der Waals surface area (Å²) in [6.45, 7) is 3.04. The maximum absolute atomic E-state index is 12.0. The molecular formula is C12H20N4O5. The van der Waals surface area contributed by atoms with Crippen LogP contribution in [0, 0.1) is 0 Å². The zero-order valence-corrected chi connectivity index (χ0v) is 11.8. The molecule has 2 saturated heterocycles. The molecule has 0 aliphatic carbocycles. The number of aliphatic carboxylic acids is 1. The van der Waals surface area contributed by atoms with E-state index < -0.39 is 18.0 Å². The van der Waals surface area contributed by atoms with Crippen LogP contribution in [0.3, 0.4) is 0 Å². The van der Waals surface area contributed by atoms with E-state index in [1.165, 1.54) is 6.92 Å². The van der Waals surface area contributed by atoms with Crippen LogP contribution in [0.1, 0.15) is 13.3 Å². The lowest BCUT2D eigenvalue weighted by Crippen LogP contribution is -2.57. The fourth-order valence-corrected chi connectivity index (χ4v) is 2.55. The van der Waals surface area contributed by atoms with E-state index in [0.29, 0.717) is 26.2 Å². The topological polar surface area (TPSA) is 122 Å². The first-order valence-corrected chi connectivity index (χ1v) is 6.80. The summed E-state index contributed by atoms with van der Waals surface area (Å²) in [5, 5.41) is 23.8. The molecule has 2 aliphatic heterocycles. The average molecular weight is 300 g/mol. The molecule has 2 heterocycles. The molecule has 21 heavy (non-hydrogen) atoms. The summed E-state index contributed by atoms with van der Waals surface area (Å²) < 4.78 is 0. The van der Waals surface area contributed by atoms with Crippen molar-refractivity contribution in [2.24, 2.45) is 0 Å². The molecule has 118 valence electrons. The van der Waals surface area contributed by atoms with E-state index in [-0.39, 0.29) is 24.6 Å². The summed E-state index contributed by atoms with van der Waals surface area (Å²) in [6.07, 6.45) is -0.442. The number of nitrogens with zero attached hydrogens (tertiary/aromatic N) is 2. The zero-order valence-electron chi connectivity index (χ0n) is 11.8. The van der Waals surface area contributed by atoms with Gasteiger partial charge in [0.1, 0.15) is 0 Å². The highest BCUT2D eigenvalue weighted by atomic mass is 16.4. The van der Waals surface area contributed by atoms with E-state index in [9.17, 15) is 19.5 Å². The van der Waals surface area contributed by atoms with Gasteiger partial charge < -0.3 is 30.6 Å². The van der Waals surface area contributed by atoms with Gasteiger partial charge >= 0.3 is 18.0 Å². The summed E-state index contributed by atoms with van der Waals surface area (Å²) in [5.74, 6) is -1.13. The molecule has 4 amide bonds. The number of nitrogens with one attached hydrogen (secondary N) is 2. The van der Waals surface area contributed by atoms with Gasteiger partial charge in [0.05, 0.1) is 18.1 Å². The van der Waals surface area contributed by atoms with Gasteiger partial charge in [-0.05, 0) is 6.92 Å². The van der Waals surface area contributed by atoms with E-state index in [2.05, 4.69) is 10.6 Å². The molecule has 2 aliphatic rings. The third-order valence-corrected chi connectivity index (χ3v) is 3.67. The maximum Gasteiger partial charge on any atom is 0.317 e. The number of piperazine rings is 1. The molecule has 4 N–H and O–H groups in total. The van der Waals surface area contributed by atoms with Crippen LogP contribution in [0.2, 0.25) is 0 Å². The summed E-state index contributed by atoms with van der Waals surface area (Å²) in [6, 6.07) is -0.499. The fourth-order valence-electron chi connectivity index (χ4n) is 2.55. The zero-order chi connectivity index (χ0) is 15.6. The number of aliphatic hydroxyl groups is 1. The molecule has 0 spiro atoms. The first-order chi connectivity index (χ1) is 9.78. The lowest BCUT2D eigenvalue weighted by atomic mass is 10.0. The minimum atomic E-state index is -1.49. The first kappa shape index (κ1) is 15.4. The predicted octanol–water partition coefficient (Wildman–Crippen LogP) is -1.37. The quantitative estimate of drug-likeness (QED) is 0.510. The SMILES string of the molecule is CC(O)(CNC(=O)N1CCN2C(=O)NCC2C1)CC(=O)O. The first-order valence-electron chi connectivity index (χ1n) is 6.80. The van der Waals surface area contributed by atoms with Crippen molar-refractivity contribution in [3.05, 3.63) is 0 Å². The van der Waals surface area contributed by atoms with Crippen molar-refractivity contribution in [1.29, 1.82) is 0 Å². The summed E-state index contributed by atoms with van der Waals surface area (Å²) in [7, 11) is 0. The van der Waals surface area contributed by atoms with Crippen LogP contribution in [0.25, 0.3) is 0 Å². The van der Waals surface area contributed by atoms with Gasteiger partial charge in [0, 0.05) is 32.7 Å². The molecule has 0 aromatic heterocycles. The molecule has 2 atom stereocenters. The Hall–Kier alpha value is -2.03. The monoisotopic (exact) mass is 300 g/mol. The number of hydrogen-bond acceptors (Lipinski definition) is 4. The maximum atomic E-state index is 12.0. The van der Waals surface area contributed by atoms with Crippen LogP contribution in [-0.2, 0) is 4.79 Å². The standard InChI is InChI=1S/C12H20N4O5/c1-12(21,4-9(17)18)7-14-10(19)15-2-3-16-8(6-15)5-13-11(16)20/h8,21H,2-7H2,1H3,(H,13,20)(H,14,19)(H,17,18). The summed E-state index contributed by atoms with van der Waals surface area (Å²) in [4.78, 5) is 37.3. The Morgan fingerprint density at radius 2 is 2.19 bits per heavy atom. The van der Waals surface area contributed by atoms with E-state index in [0.717, 1.165) is 0 Å². The molecule has 2 rings (SSSR count). The van der Waals surface area contributed by atoms with Crippen LogP contribution in [0.5, 0.6) is 0 Å². The van der Waals surface area contributed by atoms with E-state index in [1.54, 1.807) is 9.80 Å². The van der Waals surface area contributed by atoms with Crippen LogP contribution < -0.4 is 10.6 Å². The molecule has 2 fully saturated rings. The predicted molar refractivity (Wildman–Crippen MR) is 71.7 cm³/mol. The molecule has 0 bridgehead atoms. The van der Waals surface area contributed by atoms with Crippen molar-refractivity contribution in [3.63, 3.8) is 0 Å². The van der Waals surface area contributed by atoms with Crippen LogP contribution in [-0.4, -0.2) is 82.4 Å². The number of rotatable bonds is 4. The van der Waals surface area contributed by atoms with Crippen LogP contribution >= 0.6 is 0 Å². The summed E-state index contributed by atoms with van der Waals surface area (Å²) in [5.41, 5.74) is -1.49. The Balaban J connectivity index is 1.82. The second-order valence-corrected chi connectivity index (χ2v) is 5.71. The Labute approximate surface area is 121 Å². The van der Waals surface area contributed by atoms with Gasteiger partial charge in [-0.15, -0.1) is 0 Å². The minimum Gasteiger partial charge on any atom is -0.481 e. The number of carbonyl (C=O) groups excluding carboxylic acids is 2. The highest BCUT2D eigenvalue weighted by molar-refractivity contribution is 5.79. The third kappa shape index (κ3) is 3.75. The van der Waals surface area contributed by atoms with Crippen LogP contribution in [0.4, 0.5) is 9.59 Å². The van der Waals surface area contributed by atoms with Crippen molar-refractivity contribution in [2.75, 3.05) is 32.7 Å². The molecule has 9 heteroatoms. The average Bonchev–Trinajstić information content (AvgIpc) is 2.76. The number of carbonyl (C=O) groups is 3. The Morgan fingerprint density at radius 3 is 2.86 bits per heavy atom. The van der Waals surface area contributed by atoms with Crippen molar-refractivity contribution < 1.29 is 24.6 Å². The molecular weight excluding hydrogens is 280 g/mol. The minimum absolute atomic E-state index is 0.0310. The van der Waals surface area contributed by atoms with Gasteiger partial charge in [-0.1, -0.05) is 0 Å². The van der Waals surface area contributed by atoms with Crippen molar-refractivity contribution in [1.82, 2.24) is 20.4 Å². The highest BCUT2D eigenvalue weighted by Crippen LogP contribution is 2.14. The van der Waals surface area contributed by atoms with Crippen molar-refractivity contribution in [3.8, 4) is 0 Å². The van der Waals surface area contributed by atoms with Gasteiger partial charge in [-0.25, -0.2) is 9.59 Å². The molecule has 0 aromatic carbocycles. The summed E-state index contributed by atoms with van der Waals surface area (Å²) >= 11 is 0. The van der Waals surface area contributed by atoms with Gasteiger partial charge in [-0.2, -0.15) is 0 Å². The van der Waals surface area contributed by atoms with E-state index in [1.807, 2.05) is 0 Å². The Kier molecular flexibility index (Phi) is 4.21. The highest BCUT2D eigenvalue weighted by Gasteiger charge is 2.37. The smallest absolute Gasteiger partial charge is 0.317 e. The number of urea groups is 2. The normalized spacial score (nSPS) is 24.1. The molecule has 2 unspecified atom stereocenters. The number of amides is 4. The molecule has 9 nitrogen and oxygen atoms in total. The number of hydrogen-bond donors (Lipinski definition) is 4. The molecule has 0 saturated carbocycles. The third-order valence-electron chi connectivity index (χ3n) is 3.67. The fraction of sp³-hybridized carbons (Fsp3) is 0.750. The number of fused-ring (bicyclic) bond motifs is 1. The molecule has 0 aromatic rings. The van der Waals surface area contributed by atoms with Gasteiger partial charge in [-0.3, -0.25) is 4.79 Å². The van der Waals surface area contributed by atoms with E-state index >= 15 is 0 Å². The Bertz CT molecular complexity index is 453. The Morgan fingerprint density at radius 1 is 1.48 bits per heavy atom. The van der Waals surface area contributed by atoms with Crippen LogP contribution in [0.15, 0.2) is 0 Å². The lowest BCUT2D eigenvalue weighted by Gasteiger charge is -2.36. The largest absolute Gasteiger partial charge is 0.481 e. The second kappa shape index (κ2) is 5.76. The van der Waals surface area contributed by atoms with Crippen molar-refractivity contribution >= 4 is 18.0 Å². The van der Waals surface area contributed by atoms with Crippen molar-refractivity contribution in [2.45, 2.75) is 25.0 Å². The van der Waals surface area contributed by atoms with Gasteiger partial charge in [0.25, 0.3) is 0 Å². The van der Waals surface area contributed by atoms with Gasteiger partial charge in [0.2, 0.25) is 0 Å². The lowest BCUT2D eigenvalue weighted by molar-refractivity contribution is -0.141. The van der Waals surface area contributed by atoms with Gasteiger partial charge in [0.15, 0.2) is 0 Å². The number of carboxylic acids is 1. The molecule has 0 radical (unpaired) electrons.